The van der Waals surface area contributed by atoms with E-state index < -0.39 is 0 Å². The Balaban J connectivity index is 2.18. The molecule has 6 heteroatoms. The van der Waals surface area contributed by atoms with Crippen LogP contribution in [0.3, 0.4) is 0 Å². The molecule has 5 nitrogen and oxygen atoms in total. The molecule has 104 valence electrons. The van der Waals surface area contributed by atoms with E-state index in [1.54, 1.807) is 18.4 Å². The second-order valence-corrected chi connectivity index (χ2v) is 5.56. The van der Waals surface area contributed by atoms with E-state index in [-0.39, 0.29) is 6.04 Å². The van der Waals surface area contributed by atoms with Crippen molar-refractivity contribution >= 4 is 28.3 Å². The van der Waals surface area contributed by atoms with Gasteiger partial charge in [0.15, 0.2) is 0 Å². The molecule has 3 rings (SSSR count). The molecular weight excluding hydrogens is 272 g/mol. The summed E-state index contributed by atoms with van der Waals surface area (Å²) >= 11 is 1.64. The zero-order valence-electron chi connectivity index (χ0n) is 11.6. The van der Waals surface area contributed by atoms with E-state index in [1.807, 2.05) is 35.1 Å². The molecule has 0 aliphatic heterocycles. The summed E-state index contributed by atoms with van der Waals surface area (Å²) < 4.78 is 7.34. The number of imidazole rings is 1. The van der Waals surface area contributed by atoms with Crippen LogP contribution in [0.4, 0.5) is 5.95 Å². The summed E-state index contributed by atoms with van der Waals surface area (Å²) in [7, 11) is 1.64. The second-order valence-electron chi connectivity index (χ2n) is 4.67. The van der Waals surface area contributed by atoms with Crippen LogP contribution in [-0.4, -0.2) is 21.6 Å². The van der Waals surface area contributed by atoms with Crippen LogP contribution in [0.25, 0.3) is 11.0 Å². The van der Waals surface area contributed by atoms with Crippen molar-refractivity contribution < 1.29 is 4.74 Å². The molecule has 0 radical (unpaired) electrons. The highest BCUT2D eigenvalue weighted by Crippen LogP contribution is 2.32. The molecule has 1 aromatic carbocycles. The third-order valence-electron chi connectivity index (χ3n) is 3.31. The number of nitrogens with zero attached hydrogens (tertiary/aromatic N) is 3. The van der Waals surface area contributed by atoms with Gasteiger partial charge in [-0.1, -0.05) is 6.07 Å². The lowest BCUT2D eigenvalue weighted by Gasteiger charge is -2.13. The SMILES string of the molecule is COc1cccc2c1nc(N)n2C(C)c1nc(C)cs1. The fourth-order valence-electron chi connectivity index (χ4n) is 2.36. The molecule has 0 aliphatic carbocycles. The first-order valence-corrected chi connectivity index (χ1v) is 7.22. The Bertz CT molecular complexity index is 762. The highest BCUT2D eigenvalue weighted by Gasteiger charge is 2.19. The van der Waals surface area contributed by atoms with E-state index in [1.165, 1.54) is 0 Å². The van der Waals surface area contributed by atoms with Gasteiger partial charge in [0.05, 0.1) is 18.7 Å². The van der Waals surface area contributed by atoms with Gasteiger partial charge in [0.2, 0.25) is 5.95 Å². The van der Waals surface area contributed by atoms with Gasteiger partial charge in [-0.2, -0.15) is 0 Å². The third-order valence-corrected chi connectivity index (χ3v) is 4.44. The van der Waals surface area contributed by atoms with Crippen LogP contribution in [0.15, 0.2) is 23.6 Å². The van der Waals surface area contributed by atoms with E-state index in [9.17, 15) is 0 Å². The number of fused-ring (bicyclic) bond motifs is 1. The van der Waals surface area contributed by atoms with Crippen molar-refractivity contribution in [1.29, 1.82) is 0 Å². The molecule has 0 bridgehead atoms. The number of nitrogen functional groups attached to an aromatic ring is 1. The van der Waals surface area contributed by atoms with E-state index in [0.717, 1.165) is 27.5 Å². The minimum absolute atomic E-state index is 0.0470. The zero-order chi connectivity index (χ0) is 14.3. The average molecular weight is 288 g/mol. The number of methoxy groups -OCH3 is 1. The van der Waals surface area contributed by atoms with Crippen LogP contribution in [0.2, 0.25) is 0 Å². The van der Waals surface area contributed by atoms with Gasteiger partial charge in [-0.3, -0.25) is 0 Å². The second kappa shape index (κ2) is 4.79. The Morgan fingerprint density at radius 1 is 1.35 bits per heavy atom. The molecular formula is C14H16N4OS. The molecule has 0 spiro atoms. The van der Waals surface area contributed by atoms with Crippen LogP contribution in [0.1, 0.15) is 23.7 Å². The Labute approximate surface area is 121 Å². The lowest BCUT2D eigenvalue weighted by atomic mass is 10.2. The van der Waals surface area contributed by atoms with E-state index >= 15 is 0 Å². The maximum atomic E-state index is 6.10. The summed E-state index contributed by atoms with van der Waals surface area (Å²) in [5.74, 6) is 1.21. The number of nitrogens with two attached hydrogens (primary N) is 1. The number of anilines is 1. The largest absolute Gasteiger partial charge is 0.494 e. The summed E-state index contributed by atoms with van der Waals surface area (Å²) in [4.78, 5) is 8.97. The number of thiazole rings is 1. The first-order valence-electron chi connectivity index (χ1n) is 6.34. The number of aryl methyl sites for hydroxylation is 1. The van der Waals surface area contributed by atoms with Crippen molar-refractivity contribution in [2.75, 3.05) is 12.8 Å². The normalized spacial score (nSPS) is 12.8. The number of para-hydroxylation sites is 1. The van der Waals surface area contributed by atoms with Crippen LogP contribution >= 0.6 is 11.3 Å². The van der Waals surface area contributed by atoms with Gasteiger partial charge in [0, 0.05) is 11.1 Å². The van der Waals surface area contributed by atoms with Gasteiger partial charge >= 0.3 is 0 Å². The summed E-state index contributed by atoms with van der Waals surface area (Å²) in [6, 6.07) is 5.87. The summed E-state index contributed by atoms with van der Waals surface area (Å²) in [5.41, 5.74) is 8.87. The van der Waals surface area contributed by atoms with Crippen LogP contribution < -0.4 is 10.5 Å². The third kappa shape index (κ3) is 1.92. The molecule has 0 amide bonds. The number of ether oxygens (including phenoxy) is 1. The van der Waals surface area contributed by atoms with Crippen molar-refractivity contribution in [1.82, 2.24) is 14.5 Å². The predicted octanol–water partition coefficient (Wildman–Crippen LogP) is 3.00. The van der Waals surface area contributed by atoms with E-state index in [2.05, 4.69) is 16.9 Å². The molecule has 2 N–H and O–H groups in total. The molecule has 0 aliphatic rings. The predicted molar refractivity (Wildman–Crippen MR) is 81.4 cm³/mol. The van der Waals surface area contributed by atoms with Gasteiger partial charge in [0.1, 0.15) is 16.3 Å². The number of hydrogen-bond donors (Lipinski definition) is 1. The lowest BCUT2D eigenvalue weighted by Crippen LogP contribution is -2.10. The molecule has 0 fully saturated rings. The topological polar surface area (TPSA) is 66.0 Å². The van der Waals surface area contributed by atoms with Crippen LogP contribution in [0, 0.1) is 6.92 Å². The Hall–Kier alpha value is -2.08. The highest BCUT2D eigenvalue weighted by atomic mass is 32.1. The fourth-order valence-corrected chi connectivity index (χ4v) is 3.20. The van der Waals surface area contributed by atoms with Crippen molar-refractivity contribution in [2.24, 2.45) is 0 Å². The maximum Gasteiger partial charge on any atom is 0.202 e. The maximum absolute atomic E-state index is 6.10. The first-order chi connectivity index (χ1) is 9.61. The Morgan fingerprint density at radius 2 is 2.15 bits per heavy atom. The van der Waals surface area contributed by atoms with Crippen LogP contribution in [0.5, 0.6) is 5.75 Å². The zero-order valence-corrected chi connectivity index (χ0v) is 12.4. The Morgan fingerprint density at radius 3 is 2.80 bits per heavy atom. The summed E-state index contributed by atoms with van der Waals surface area (Å²) in [6.07, 6.45) is 0. The van der Waals surface area contributed by atoms with Crippen molar-refractivity contribution in [3.63, 3.8) is 0 Å². The minimum atomic E-state index is 0.0470. The number of hydrogen-bond acceptors (Lipinski definition) is 5. The average Bonchev–Trinajstić information content (AvgIpc) is 3.00. The molecule has 20 heavy (non-hydrogen) atoms. The van der Waals surface area contributed by atoms with Gasteiger partial charge in [-0.25, -0.2) is 9.97 Å². The molecule has 1 atom stereocenters. The van der Waals surface area contributed by atoms with Crippen LogP contribution in [-0.2, 0) is 0 Å². The van der Waals surface area contributed by atoms with E-state index in [4.69, 9.17) is 10.5 Å². The minimum Gasteiger partial charge on any atom is -0.494 e. The van der Waals surface area contributed by atoms with Gasteiger partial charge in [-0.05, 0) is 26.0 Å². The van der Waals surface area contributed by atoms with Gasteiger partial charge in [0.25, 0.3) is 0 Å². The standard InChI is InChI=1S/C14H16N4OS/c1-8-7-20-13(16-8)9(2)18-10-5-4-6-11(19-3)12(10)17-14(18)15/h4-7,9H,1-3H3,(H2,15,17). The summed E-state index contributed by atoms with van der Waals surface area (Å²) in [5, 5.41) is 3.07. The number of benzene rings is 1. The monoisotopic (exact) mass is 288 g/mol. The molecule has 2 aromatic heterocycles. The van der Waals surface area contributed by atoms with E-state index in [0.29, 0.717) is 5.95 Å². The van der Waals surface area contributed by atoms with Gasteiger partial charge in [-0.15, -0.1) is 11.3 Å². The number of aromatic nitrogens is 3. The molecule has 2 heterocycles. The van der Waals surface area contributed by atoms with Crippen molar-refractivity contribution in [2.45, 2.75) is 19.9 Å². The highest BCUT2D eigenvalue weighted by molar-refractivity contribution is 7.09. The van der Waals surface area contributed by atoms with Gasteiger partial charge < -0.3 is 15.0 Å². The number of rotatable bonds is 3. The molecule has 0 saturated heterocycles. The molecule has 0 saturated carbocycles. The van der Waals surface area contributed by atoms with Crippen molar-refractivity contribution in [3.8, 4) is 5.75 Å². The first kappa shape index (κ1) is 12.9. The quantitative estimate of drug-likeness (QED) is 0.804. The molecule has 3 aromatic rings. The lowest BCUT2D eigenvalue weighted by molar-refractivity contribution is 0.419. The smallest absolute Gasteiger partial charge is 0.202 e. The summed E-state index contributed by atoms with van der Waals surface area (Å²) in [6.45, 7) is 4.07. The van der Waals surface area contributed by atoms with Crippen molar-refractivity contribution in [3.05, 3.63) is 34.3 Å². The Kier molecular flexibility index (Phi) is 3.10. The fraction of sp³-hybridized carbons (Fsp3) is 0.286. The molecule has 1 unspecified atom stereocenters.